The van der Waals surface area contributed by atoms with Crippen molar-refractivity contribution in [1.82, 2.24) is 9.88 Å². The Kier molecular flexibility index (Phi) is 9.35. The van der Waals surface area contributed by atoms with Gasteiger partial charge in [-0.05, 0) is 68.1 Å². The third-order valence-electron chi connectivity index (χ3n) is 7.13. The molecule has 11 heteroatoms. The Bertz CT molecular complexity index is 1670. The van der Waals surface area contributed by atoms with E-state index < -0.39 is 15.8 Å². The second-order valence-corrected chi connectivity index (χ2v) is 12.4. The second-order valence-electron chi connectivity index (χ2n) is 10.4. The van der Waals surface area contributed by atoms with E-state index in [0.717, 1.165) is 38.0 Å². The normalized spacial score (nSPS) is 15.9. The third-order valence-corrected chi connectivity index (χ3v) is 9.02. The van der Waals surface area contributed by atoms with Gasteiger partial charge in [0.15, 0.2) is 23.1 Å². The quantitative estimate of drug-likeness (QED) is 0.180. The van der Waals surface area contributed by atoms with E-state index in [1.165, 1.54) is 37.1 Å². The lowest BCUT2D eigenvalue weighted by Crippen LogP contribution is -2.35. The molecule has 1 fully saturated rings. The molecule has 1 aliphatic heterocycles. The van der Waals surface area contributed by atoms with Crippen molar-refractivity contribution in [2.75, 3.05) is 38.1 Å². The van der Waals surface area contributed by atoms with Gasteiger partial charge in [0.05, 0.1) is 29.9 Å². The van der Waals surface area contributed by atoms with Gasteiger partial charge >= 0.3 is 0 Å². The van der Waals surface area contributed by atoms with Gasteiger partial charge < -0.3 is 19.1 Å². The summed E-state index contributed by atoms with van der Waals surface area (Å²) in [5.41, 5.74) is 0.621. The Labute approximate surface area is 250 Å². The summed E-state index contributed by atoms with van der Waals surface area (Å²) >= 11 is 6.03. The number of anilines is 1. The summed E-state index contributed by atoms with van der Waals surface area (Å²) in [7, 11) is -2.46. The Balaban J connectivity index is 1.29. The average Bonchev–Trinajstić information content (AvgIpc) is 2.96. The standard InChI is InChI=1S/C31H33ClFN3O5S/c1-21-7-5-14-36(20-21)15-6-16-40-30-19-26-23(18-29(30)39-2)27(12-13-34-26)41-28-11-10-22(17-25(28)33)35-42(37,38)31-9-4-3-8-24(31)32/h3-4,8-13,17-19,21,35H,5-7,14-16,20H2,1-2H3. The maximum Gasteiger partial charge on any atom is 0.263 e. The molecule has 2 heterocycles. The predicted octanol–water partition coefficient (Wildman–Crippen LogP) is 7.13. The van der Waals surface area contributed by atoms with Gasteiger partial charge in [-0.25, -0.2) is 12.8 Å². The third kappa shape index (κ3) is 7.06. The smallest absolute Gasteiger partial charge is 0.263 e. The lowest BCUT2D eigenvalue weighted by Gasteiger charge is -2.30. The summed E-state index contributed by atoms with van der Waals surface area (Å²) in [5.74, 6) is 1.33. The van der Waals surface area contributed by atoms with E-state index in [-0.39, 0.29) is 21.4 Å². The number of likely N-dealkylation sites (tertiary alicyclic amines) is 1. The van der Waals surface area contributed by atoms with Gasteiger partial charge in [0.2, 0.25) is 0 Å². The summed E-state index contributed by atoms with van der Waals surface area (Å²) < 4.78 is 60.5. The SMILES string of the molecule is COc1cc2c(Oc3ccc(NS(=O)(=O)c4ccccc4Cl)cc3F)ccnc2cc1OCCCN1CCCC(C)C1. The number of methoxy groups -OCH3 is 1. The minimum atomic E-state index is -4.02. The molecule has 4 aromatic rings. The molecular weight excluding hydrogens is 581 g/mol. The molecule has 0 aliphatic carbocycles. The van der Waals surface area contributed by atoms with Crippen LogP contribution in [-0.2, 0) is 10.0 Å². The zero-order valence-corrected chi connectivity index (χ0v) is 25.1. The van der Waals surface area contributed by atoms with Crippen LogP contribution < -0.4 is 18.9 Å². The lowest BCUT2D eigenvalue weighted by atomic mass is 10.0. The zero-order valence-electron chi connectivity index (χ0n) is 23.5. The van der Waals surface area contributed by atoms with Crippen molar-refractivity contribution in [2.45, 2.75) is 31.1 Å². The molecule has 1 N–H and O–H groups in total. The van der Waals surface area contributed by atoms with Crippen LogP contribution in [0.25, 0.3) is 10.9 Å². The van der Waals surface area contributed by atoms with Crippen LogP contribution in [0, 0.1) is 11.7 Å². The number of ether oxygens (including phenoxy) is 3. The molecule has 1 aliphatic rings. The first-order chi connectivity index (χ1) is 20.2. The predicted molar refractivity (Wildman–Crippen MR) is 162 cm³/mol. The summed E-state index contributed by atoms with van der Waals surface area (Å²) in [6.45, 7) is 6.10. The molecular formula is C31H33ClFN3O5S. The number of hydrogen-bond acceptors (Lipinski definition) is 7. The summed E-state index contributed by atoms with van der Waals surface area (Å²) in [6, 6.07) is 15.0. The van der Waals surface area contributed by atoms with Gasteiger partial charge in [-0.3, -0.25) is 9.71 Å². The van der Waals surface area contributed by atoms with Crippen molar-refractivity contribution in [3.63, 3.8) is 0 Å². The van der Waals surface area contributed by atoms with Crippen LogP contribution in [0.3, 0.4) is 0 Å². The van der Waals surface area contributed by atoms with E-state index in [2.05, 4.69) is 21.5 Å². The van der Waals surface area contributed by atoms with Gasteiger partial charge in [-0.2, -0.15) is 0 Å². The zero-order chi connectivity index (χ0) is 29.7. The number of rotatable bonds is 11. The highest BCUT2D eigenvalue weighted by atomic mass is 35.5. The second kappa shape index (κ2) is 13.1. The van der Waals surface area contributed by atoms with Crippen molar-refractivity contribution in [1.29, 1.82) is 0 Å². The van der Waals surface area contributed by atoms with Gasteiger partial charge in [0.25, 0.3) is 10.0 Å². The molecule has 1 saturated heterocycles. The number of nitrogens with one attached hydrogen (secondary N) is 1. The molecule has 3 aromatic carbocycles. The number of fused-ring (bicyclic) bond motifs is 1. The molecule has 222 valence electrons. The molecule has 0 spiro atoms. The van der Waals surface area contributed by atoms with Crippen LogP contribution in [0.1, 0.15) is 26.2 Å². The Morgan fingerprint density at radius 2 is 1.90 bits per heavy atom. The molecule has 0 bridgehead atoms. The van der Waals surface area contributed by atoms with E-state index in [9.17, 15) is 8.42 Å². The van der Waals surface area contributed by atoms with Crippen molar-refractivity contribution in [3.8, 4) is 23.0 Å². The number of halogens is 2. The molecule has 42 heavy (non-hydrogen) atoms. The number of benzene rings is 3. The highest BCUT2D eigenvalue weighted by Crippen LogP contribution is 2.38. The molecule has 1 aromatic heterocycles. The van der Waals surface area contributed by atoms with Crippen LogP contribution in [0.5, 0.6) is 23.0 Å². The van der Waals surface area contributed by atoms with E-state index in [1.807, 2.05) is 0 Å². The summed E-state index contributed by atoms with van der Waals surface area (Å²) in [5, 5.41) is 0.665. The molecule has 1 unspecified atom stereocenters. The largest absolute Gasteiger partial charge is 0.493 e. The Morgan fingerprint density at radius 1 is 1.07 bits per heavy atom. The topological polar surface area (TPSA) is 90.0 Å². The van der Waals surface area contributed by atoms with Crippen LogP contribution >= 0.6 is 11.6 Å². The maximum atomic E-state index is 15.1. The number of piperidine rings is 1. The first-order valence-corrected chi connectivity index (χ1v) is 15.7. The highest BCUT2D eigenvalue weighted by molar-refractivity contribution is 7.92. The van der Waals surface area contributed by atoms with E-state index >= 15 is 4.39 Å². The average molecular weight is 614 g/mol. The Morgan fingerprint density at radius 3 is 2.67 bits per heavy atom. The van der Waals surface area contributed by atoms with Gasteiger partial charge in [-0.15, -0.1) is 0 Å². The van der Waals surface area contributed by atoms with Crippen molar-refractivity contribution >= 4 is 38.2 Å². The molecule has 0 radical (unpaired) electrons. The van der Waals surface area contributed by atoms with Gasteiger partial charge in [-0.1, -0.05) is 30.7 Å². The maximum absolute atomic E-state index is 15.1. The molecule has 0 saturated carbocycles. The fourth-order valence-electron chi connectivity index (χ4n) is 5.09. The lowest BCUT2D eigenvalue weighted by molar-refractivity contribution is 0.169. The first kappa shape index (κ1) is 29.9. The van der Waals surface area contributed by atoms with Crippen molar-refractivity contribution in [2.24, 2.45) is 5.92 Å². The van der Waals surface area contributed by atoms with Crippen molar-refractivity contribution < 1.29 is 27.0 Å². The molecule has 1 atom stereocenters. The monoisotopic (exact) mass is 613 g/mol. The number of nitrogens with zero attached hydrogens (tertiary/aromatic N) is 2. The molecule has 5 rings (SSSR count). The summed E-state index contributed by atoms with van der Waals surface area (Å²) in [6.07, 6.45) is 5.00. The number of sulfonamides is 1. The Hall–Kier alpha value is -3.60. The van der Waals surface area contributed by atoms with E-state index in [4.69, 9.17) is 25.8 Å². The highest BCUT2D eigenvalue weighted by Gasteiger charge is 2.20. The summed E-state index contributed by atoms with van der Waals surface area (Å²) in [4.78, 5) is 6.82. The van der Waals surface area contributed by atoms with E-state index in [1.54, 1.807) is 43.6 Å². The minimum absolute atomic E-state index is 0.0256. The van der Waals surface area contributed by atoms with Crippen LogP contribution in [0.15, 0.2) is 71.8 Å². The van der Waals surface area contributed by atoms with Crippen molar-refractivity contribution in [3.05, 3.63) is 77.7 Å². The minimum Gasteiger partial charge on any atom is -0.493 e. The number of aromatic nitrogens is 1. The number of pyridine rings is 1. The van der Waals surface area contributed by atoms with E-state index in [0.29, 0.717) is 34.8 Å². The van der Waals surface area contributed by atoms with Gasteiger partial charge in [0.1, 0.15) is 10.6 Å². The van der Waals surface area contributed by atoms with Crippen LogP contribution in [0.2, 0.25) is 5.02 Å². The van der Waals surface area contributed by atoms with Crippen LogP contribution in [0.4, 0.5) is 10.1 Å². The molecule has 8 nitrogen and oxygen atoms in total. The number of hydrogen-bond donors (Lipinski definition) is 1. The fraction of sp³-hybridized carbons (Fsp3) is 0.323. The fourth-order valence-corrected chi connectivity index (χ4v) is 6.66. The molecule has 0 amide bonds. The van der Waals surface area contributed by atoms with Gasteiger partial charge in [0, 0.05) is 36.8 Å². The first-order valence-electron chi connectivity index (χ1n) is 13.8. The van der Waals surface area contributed by atoms with Crippen LogP contribution in [-0.4, -0.2) is 51.7 Å².